The zero-order chi connectivity index (χ0) is 10.1. The molecule has 1 fully saturated rings. The number of nitro groups is 1. The van der Waals surface area contributed by atoms with Gasteiger partial charge in [-0.15, -0.1) is 6.58 Å². The van der Waals surface area contributed by atoms with E-state index >= 15 is 0 Å². The summed E-state index contributed by atoms with van der Waals surface area (Å²) in [4.78, 5) is 9.96. The monoisotopic (exact) mass is 191 g/mol. The Hall–Kier alpha value is -1.68. The summed E-state index contributed by atoms with van der Waals surface area (Å²) in [5, 5.41) is 10.4. The normalized spacial score (nSPS) is 24.3. The van der Waals surface area contributed by atoms with E-state index in [9.17, 15) is 10.1 Å². The fourth-order valence-corrected chi connectivity index (χ4v) is 1.36. The Balaban J connectivity index is 2.15. The first-order valence-electron chi connectivity index (χ1n) is 4.25. The molecule has 1 aliphatic heterocycles. The first-order valence-corrected chi connectivity index (χ1v) is 4.25. The van der Waals surface area contributed by atoms with Crippen molar-refractivity contribution in [1.29, 1.82) is 0 Å². The molecule has 1 saturated heterocycles. The lowest BCUT2D eigenvalue weighted by molar-refractivity contribution is -0.384. The SMILES string of the molecule is C=C[C@H]1O[C@@H]1c1ccc([N+](=O)[O-])cc1. The quantitative estimate of drug-likeness (QED) is 0.318. The number of nitro benzene ring substituents is 1. The molecule has 1 aliphatic rings. The predicted octanol–water partition coefficient (Wildman–Crippen LogP) is 2.22. The zero-order valence-electron chi connectivity index (χ0n) is 7.42. The number of hydrogen-bond acceptors (Lipinski definition) is 3. The molecule has 1 aromatic rings. The average Bonchev–Trinajstić information content (AvgIpc) is 2.97. The van der Waals surface area contributed by atoms with Gasteiger partial charge in [0.15, 0.2) is 0 Å². The molecular weight excluding hydrogens is 182 g/mol. The van der Waals surface area contributed by atoms with Gasteiger partial charge in [-0.1, -0.05) is 6.08 Å². The minimum absolute atomic E-state index is 0.0355. The third-order valence-electron chi connectivity index (χ3n) is 2.19. The van der Waals surface area contributed by atoms with Crippen LogP contribution in [0.1, 0.15) is 11.7 Å². The standard InChI is InChI=1S/C10H9NO3/c1-2-9-10(14-9)7-3-5-8(6-4-7)11(12)13/h2-6,9-10H,1H2/t9-,10-/m1/s1. The maximum absolute atomic E-state index is 10.4. The summed E-state index contributed by atoms with van der Waals surface area (Å²) in [6.07, 6.45) is 1.83. The van der Waals surface area contributed by atoms with Gasteiger partial charge < -0.3 is 4.74 Å². The van der Waals surface area contributed by atoms with Crippen LogP contribution in [0.2, 0.25) is 0 Å². The Morgan fingerprint density at radius 1 is 1.43 bits per heavy atom. The van der Waals surface area contributed by atoms with E-state index in [1.54, 1.807) is 18.2 Å². The number of rotatable bonds is 3. The summed E-state index contributed by atoms with van der Waals surface area (Å²) >= 11 is 0. The van der Waals surface area contributed by atoms with Crippen LogP contribution >= 0.6 is 0 Å². The van der Waals surface area contributed by atoms with E-state index in [1.165, 1.54) is 12.1 Å². The Kier molecular flexibility index (Phi) is 2.05. The van der Waals surface area contributed by atoms with Gasteiger partial charge in [-0.2, -0.15) is 0 Å². The highest BCUT2D eigenvalue weighted by molar-refractivity contribution is 5.35. The van der Waals surface area contributed by atoms with Crippen molar-refractivity contribution < 1.29 is 9.66 Å². The van der Waals surface area contributed by atoms with Crippen LogP contribution in [0.3, 0.4) is 0 Å². The molecule has 0 bridgehead atoms. The lowest BCUT2D eigenvalue weighted by Gasteiger charge is -1.94. The molecule has 0 spiro atoms. The highest BCUT2D eigenvalue weighted by Crippen LogP contribution is 2.39. The Labute approximate surface area is 81.0 Å². The molecule has 0 amide bonds. The molecule has 1 aromatic carbocycles. The molecule has 0 aromatic heterocycles. The predicted molar refractivity (Wildman–Crippen MR) is 50.9 cm³/mol. The van der Waals surface area contributed by atoms with E-state index < -0.39 is 4.92 Å². The second kappa shape index (κ2) is 3.23. The van der Waals surface area contributed by atoms with Crippen molar-refractivity contribution in [3.8, 4) is 0 Å². The molecule has 0 N–H and O–H groups in total. The second-order valence-electron chi connectivity index (χ2n) is 3.11. The number of benzene rings is 1. The van der Waals surface area contributed by atoms with Gasteiger partial charge in [-0.3, -0.25) is 10.1 Å². The van der Waals surface area contributed by atoms with Crippen LogP contribution in [-0.4, -0.2) is 11.0 Å². The van der Waals surface area contributed by atoms with Crippen molar-refractivity contribution in [2.24, 2.45) is 0 Å². The third kappa shape index (κ3) is 1.52. The molecule has 2 rings (SSSR count). The van der Waals surface area contributed by atoms with Crippen LogP contribution in [0, 0.1) is 10.1 Å². The molecular formula is C10H9NO3. The van der Waals surface area contributed by atoms with E-state index in [4.69, 9.17) is 4.74 Å². The van der Waals surface area contributed by atoms with Crippen molar-refractivity contribution in [2.45, 2.75) is 12.2 Å². The van der Waals surface area contributed by atoms with Gasteiger partial charge in [0, 0.05) is 12.1 Å². The largest absolute Gasteiger partial charge is 0.360 e. The van der Waals surface area contributed by atoms with Crippen LogP contribution in [-0.2, 0) is 4.74 Å². The van der Waals surface area contributed by atoms with Gasteiger partial charge in [0.2, 0.25) is 0 Å². The Morgan fingerprint density at radius 3 is 2.50 bits per heavy atom. The Bertz CT molecular complexity index is 371. The molecule has 0 unspecified atom stereocenters. The third-order valence-corrected chi connectivity index (χ3v) is 2.19. The number of ether oxygens (including phenoxy) is 1. The lowest BCUT2D eigenvalue weighted by atomic mass is 10.1. The zero-order valence-corrected chi connectivity index (χ0v) is 7.42. The first-order chi connectivity index (χ1) is 6.72. The summed E-state index contributed by atoms with van der Waals surface area (Å²) in [5.74, 6) is 0. The number of non-ortho nitro benzene ring substituents is 1. The topological polar surface area (TPSA) is 55.7 Å². The van der Waals surface area contributed by atoms with Crippen LogP contribution in [0.25, 0.3) is 0 Å². The molecule has 0 saturated carbocycles. The van der Waals surface area contributed by atoms with Gasteiger partial charge in [0.05, 0.1) is 4.92 Å². The van der Waals surface area contributed by atoms with Gasteiger partial charge in [0.1, 0.15) is 12.2 Å². The number of epoxide rings is 1. The van der Waals surface area contributed by atoms with Gasteiger partial charge in [-0.05, 0) is 17.7 Å². The molecule has 1 heterocycles. The van der Waals surface area contributed by atoms with Gasteiger partial charge in [-0.25, -0.2) is 0 Å². The fraction of sp³-hybridized carbons (Fsp3) is 0.200. The summed E-state index contributed by atoms with van der Waals surface area (Å²) in [7, 11) is 0. The molecule has 4 nitrogen and oxygen atoms in total. The van der Waals surface area contributed by atoms with E-state index in [1.807, 2.05) is 0 Å². The van der Waals surface area contributed by atoms with E-state index in [-0.39, 0.29) is 17.9 Å². The average molecular weight is 191 g/mol. The van der Waals surface area contributed by atoms with Crippen molar-refractivity contribution in [1.82, 2.24) is 0 Å². The van der Waals surface area contributed by atoms with Gasteiger partial charge in [0.25, 0.3) is 5.69 Å². The molecule has 0 radical (unpaired) electrons. The smallest absolute Gasteiger partial charge is 0.269 e. The Morgan fingerprint density at radius 2 is 2.07 bits per heavy atom. The summed E-state index contributed by atoms with van der Waals surface area (Å²) in [6, 6.07) is 6.40. The maximum Gasteiger partial charge on any atom is 0.269 e. The number of hydrogen-bond donors (Lipinski definition) is 0. The van der Waals surface area contributed by atoms with E-state index in [0.29, 0.717) is 0 Å². The maximum atomic E-state index is 10.4. The molecule has 72 valence electrons. The fourth-order valence-electron chi connectivity index (χ4n) is 1.36. The number of nitrogens with zero attached hydrogens (tertiary/aromatic N) is 1. The van der Waals surface area contributed by atoms with E-state index in [2.05, 4.69) is 6.58 Å². The van der Waals surface area contributed by atoms with Crippen molar-refractivity contribution in [3.05, 3.63) is 52.6 Å². The van der Waals surface area contributed by atoms with Crippen LogP contribution in [0.4, 0.5) is 5.69 Å². The van der Waals surface area contributed by atoms with Crippen LogP contribution in [0.15, 0.2) is 36.9 Å². The minimum Gasteiger partial charge on any atom is -0.360 e. The van der Waals surface area contributed by atoms with Gasteiger partial charge >= 0.3 is 0 Å². The molecule has 14 heavy (non-hydrogen) atoms. The van der Waals surface area contributed by atoms with Crippen molar-refractivity contribution in [2.75, 3.05) is 0 Å². The summed E-state index contributed by atoms with van der Waals surface area (Å²) in [6.45, 7) is 3.61. The second-order valence-corrected chi connectivity index (χ2v) is 3.11. The highest BCUT2D eigenvalue weighted by atomic mass is 16.6. The van der Waals surface area contributed by atoms with Crippen molar-refractivity contribution >= 4 is 5.69 Å². The first kappa shape index (κ1) is 8.90. The van der Waals surface area contributed by atoms with Crippen LogP contribution < -0.4 is 0 Å². The lowest BCUT2D eigenvalue weighted by Crippen LogP contribution is -1.89. The van der Waals surface area contributed by atoms with Crippen molar-refractivity contribution in [3.63, 3.8) is 0 Å². The van der Waals surface area contributed by atoms with Crippen LogP contribution in [0.5, 0.6) is 0 Å². The van der Waals surface area contributed by atoms with E-state index in [0.717, 1.165) is 5.56 Å². The summed E-state index contributed by atoms with van der Waals surface area (Å²) in [5.41, 5.74) is 1.06. The summed E-state index contributed by atoms with van der Waals surface area (Å²) < 4.78 is 5.26. The molecule has 4 heteroatoms. The molecule has 2 atom stereocenters. The highest BCUT2D eigenvalue weighted by Gasteiger charge is 2.37. The minimum atomic E-state index is -0.414. The molecule has 0 aliphatic carbocycles.